The number of hydrogen-bond acceptors (Lipinski definition) is 6. The van der Waals surface area contributed by atoms with Gasteiger partial charge in [-0.2, -0.15) is 0 Å². The van der Waals surface area contributed by atoms with Crippen LogP contribution in [-0.2, 0) is 4.74 Å². The number of rotatable bonds is 6. The summed E-state index contributed by atoms with van der Waals surface area (Å²) in [6.07, 6.45) is 1.57. The number of hydrogen-bond donors (Lipinski definition) is 1. The first-order chi connectivity index (χ1) is 14.2. The SMILES string of the molecule is COc1ccc([C@H]2Nc3ccccc3C(=O)N2C[C@H]2CCCO2)c(OC)c1OC. The summed E-state index contributed by atoms with van der Waals surface area (Å²) in [7, 11) is 4.74. The van der Waals surface area contributed by atoms with Gasteiger partial charge in [0, 0.05) is 24.4 Å². The molecule has 1 saturated heterocycles. The number of ether oxygens (including phenoxy) is 4. The normalized spacial score (nSPS) is 20.8. The summed E-state index contributed by atoms with van der Waals surface area (Å²) < 4.78 is 22.5. The Morgan fingerprint density at radius 1 is 1.07 bits per heavy atom. The van der Waals surface area contributed by atoms with Crippen LogP contribution in [0, 0.1) is 0 Å². The molecule has 29 heavy (non-hydrogen) atoms. The van der Waals surface area contributed by atoms with Crippen LogP contribution in [0.15, 0.2) is 36.4 Å². The van der Waals surface area contributed by atoms with Gasteiger partial charge in [0.2, 0.25) is 5.75 Å². The van der Waals surface area contributed by atoms with Crippen LogP contribution in [0.4, 0.5) is 5.69 Å². The predicted molar refractivity (Wildman–Crippen MR) is 109 cm³/mol. The van der Waals surface area contributed by atoms with Crippen LogP contribution in [0.2, 0.25) is 0 Å². The molecule has 2 heterocycles. The number of carbonyl (C=O) groups is 1. The molecule has 0 bridgehead atoms. The maximum Gasteiger partial charge on any atom is 0.257 e. The standard InChI is InChI=1S/C22H26N2O5/c1-26-18-11-10-16(19(27-2)20(18)28-3)21-23-17-9-5-4-8-15(17)22(25)24(21)13-14-7-6-12-29-14/h4-5,8-11,14,21,23H,6-7,12-13H2,1-3H3/t14-,21+/m1/s1. The smallest absolute Gasteiger partial charge is 0.257 e. The van der Waals surface area contributed by atoms with E-state index in [0.29, 0.717) is 29.4 Å². The molecule has 0 unspecified atom stereocenters. The van der Waals surface area contributed by atoms with Gasteiger partial charge in [0.1, 0.15) is 6.17 Å². The molecule has 1 N–H and O–H groups in total. The van der Waals surface area contributed by atoms with Crippen LogP contribution < -0.4 is 19.5 Å². The van der Waals surface area contributed by atoms with E-state index in [2.05, 4.69) is 5.32 Å². The lowest BCUT2D eigenvalue weighted by molar-refractivity contribution is 0.0424. The van der Waals surface area contributed by atoms with Crippen LogP contribution in [0.25, 0.3) is 0 Å². The van der Waals surface area contributed by atoms with Gasteiger partial charge in [-0.3, -0.25) is 4.79 Å². The second kappa shape index (κ2) is 8.21. The van der Waals surface area contributed by atoms with Crippen molar-refractivity contribution in [3.8, 4) is 17.2 Å². The molecule has 7 nitrogen and oxygen atoms in total. The van der Waals surface area contributed by atoms with Crippen LogP contribution in [0.1, 0.15) is 34.9 Å². The maximum absolute atomic E-state index is 13.4. The summed E-state index contributed by atoms with van der Waals surface area (Å²) in [5.74, 6) is 1.57. The predicted octanol–water partition coefficient (Wildman–Crippen LogP) is 3.46. The Labute approximate surface area is 170 Å². The van der Waals surface area contributed by atoms with E-state index in [1.807, 2.05) is 41.3 Å². The minimum atomic E-state index is -0.420. The number of fused-ring (bicyclic) bond motifs is 1. The van der Waals surface area contributed by atoms with Gasteiger partial charge in [0.25, 0.3) is 5.91 Å². The fraction of sp³-hybridized carbons (Fsp3) is 0.409. The molecule has 154 valence electrons. The molecule has 2 atom stereocenters. The molecule has 0 aromatic heterocycles. The molecule has 2 aromatic rings. The van der Waals surface area contributed by atoms with Gasteiger partial charge < -0.3 is 29.2 Å². The molecule has 0 spiro atoms. The second-order valence-electron chi connectivity index (χ2n) is 7.11. The maximum atomic E-state index is 13.4. The van der Waals surface area contributed by atoms with Crippen molar-refractivity contribution in [3.05, 3.63) is 47.5 Å². The summed E-state index contributed by atoms with van der Waals surface area (Å²) >= 11 is 0. The summed E-state index contributed by atoms with van der Waals surface area (Å²) in [4.78, 5) is 15.2. The van der Waals surface area contributed by atoms with Crippen molar-refractivity contribution in [1.82, 2.24) is 4.90 Å². The van der Waals surface area contributed by atoms with E-state index in [1.165, 1.54) is 0 Å². The van der Waals surface area contributed by atoms with E-state index >= 15 is 0 Å². The highest BCUT2D eigenvalue weighted by Gasteiger charge is 2.37. The highest BCUT2D eigenvalue weighted by molar-refractivity contribution is 6.01. The molecule has 1 amide bonds. The summed E-state index contributed by atoms with van der Waals surface area (Å²) in [6, 6.07) is 11.3. The lowest BCUT2D eigenvalue weighted by atomic mass is 10.0. The van der Waals surface area contributed by atoms with E-state index in [9.17, 15) is 4.79 Å². The fourth-order valence-electron chi connectivity index (χ4n) is 4.07. The summed E-state index contributed by atoms with van der Waals surface area (Å²) in [5, 5.41) is 3.50. The molecule has 4 rings (SSSR count). The lowest BCUT2D eigenvalue weighted by Gasteiger charge is -2.39. The van der Waals surface area contributed by atoms with Crippen LogP contribution in [0.3, 0.4) is 0 Å². The van der Waals surface area contributed by atoms with Crippen molar-refractivity contribution >= 4 is 11.6 Å². The fourth-order valence-corrected chi connectivity index (χ4v) is 4.07. The number of nitrogens with one attached hydrogen (secondary N) is 1. The van der Waals surface area contributed by atoms with Gasteiger partial charge in [-0.1, -0.05) is 12.1 Å². The van der Waals surface area contributed by atoms with Crippen LogP contribution in [-0.4, -0.2) is 51.4 Å². The van der Waals surface area contributed by atoms with Gasteiger partial charge in [0.05, 0.1) is 33.0 Å². The van der Waals surface area contributed by atoms with Crippen molar-refractivity contribution in [2.45, 2.75) is 25.1 Å². The molecular formula is C22H26N2O5. The first-order valence-electron chi connectivity index (χ1n) is 9.75. The molecular weight excluding hydrogens is 372 g/mol. The van der Waals surface area contributed by atoms with Crippen molar-refractivity contribution in [3.63, 3.8) is 0 Å². The zero-order valence-electron chi connectivity index (χ0n) is 16.9. The van der Waals surface area contributed by atoms with Crippen LogP contribution in [0.5, 0.6) is 17.2 Å². The van der Waals surface area contributed by atoms with Gasteiger partial charge in [-0.25, -0.2) is 0 Å². The minimum Gasteiger partial charge on any atom is -0.493 e. The molecule has 1 fully saturated rings. The van der Waals surface area contributed by atoms with Gasteiger partial charge in [-0.15, -0.1) is 0 Å². The zero-order chi connectivity index (χ0) is 20.4. The number of anilines is 1. The molecule has 2 aromatic carbocycles. The molecule has 7 heteroatoms. The highest BCUT2D eigenvalue weighted by Crippen LogP contribution is 2.45. The van der Waals surface area contributed by atoms with E-state index in [4.69, 9.17) is 18.9 Å². The van der Waals surface area contributed by atoms with Crippen molar-refractivity contribution in [1.29, 1.82) is 0 Å². The van der Waals surface area contributed by atoms with E-state index in [0.717, 1.165) is 30.7 Å². The first kappa shape index (κ1) is 19.4. The Morgan fingerprint density at radius 3 is 2.55 bits per heavy atom. The van der Waals surface area contributed by atoms with Crippen molar-refractivity contribution < 1.29 is 23.7 Å². The third-order valence-electron chi connectivity index (χ3n) is 5.48. The lowest BCUT2D eigenvalue weighted by Crippen LogP contribution is -2.46. The topological polar surface area (TPSA) is 69.3 Å². The Morgan fingerprint density at radius 2 is 1.86 bits per heavy atom. The number of methoxy groups -OCH3 is 3. The van der Waals surface area contributed by atoms with Crippen molar-refractivity contribution in [2.75, 3.05) is 39.8 Å². The monoisotopic (exact) mass is 398 g/mol. The number of carbonyl (C=O) groups excluding carboxylic acids is 1. The largest absolute Gasteiger partial charge is 0.493 e. The molecule has 0 saturated carbocycles. The Bertz CT molecular complexity index is 895. The van der Waals surface area contributed by atoms with E-state index in [-0.39, 0.29) is 12.0 Å². The molecule has 2 aliphatic rings. The summed E-state index contributed by atoms with van der Waals surface area (Å²) in [5.41, 5.74) is 2.25. The van der Waals surface area contributed by atoms with Gasteiger partial charge >= 0.3 is 0 Å². The number of amides is 1. The third-order valence-corrected chi connectivity index (χ3v) is 5.48. The Kier molecular flexibility index (Phi) is 5.49. The molecule has 0 aliphatic carbocycles. The molecule has 2 aliphatic heterocycles. The highest BCUT2D eigenvalue weighted by atomic mass is 16.5. The number of benzene rings is 2. The minimum absolute atomic E-state index is 0.0275. The Balaban J connectivity index is 1.80. The van der Waals surface area contributed by atoms with Crippen LogP contribution >= 0.6 is 0 Å². The average molecular weight is 398 g/mol. The average Bonchev–Trinajstić information content (AvgIpc) is 3.27. The zero-order valence-corrected chi connectivity index (χ0v) is 16.9. The van der Waals surface area contributed by atoms with E-state index < -0.39 is 6.17 Å². The van der Waals surface area contributed by atoms with Crippen molar-refractivity contribution in [2.24, 2.45) is 0 Å². The number of nitrogens with zero attached hydrogens (tertiary/aromatic N) is 1. The Hall–Kier alpha value is -2.93. The number of para-hydroxylation sites is 1. The second-order valence-corrected chi connectivity index (χ2v) is 7.11. The van der Waals surface area contributed by atoms with E-state index in [1.54, 1.807) is 21.3 Å². The van der Waals surface area contributed by atoms with Gasteiger partial charge in [-0.05, 0) is 37.1 Å². The third kappa shape index (κ3) is 3.46. The first-order valence-corrected chi connectivity index (χ1v) is 9.75. The quantitative estimate of drug-likeness (QED) is 0.804. The summed E-state index contributed by atoms with van der Waals surface area (Å²) in [6.45, 7) is 1.24. The van der Waals surface area contributed by atoms with Gasteiger partial charge in [0.15, 0.2) is 11.5 Å². The molecule has 0 radical (unpaired) electrons.